The number of nitrogens with one attached hydrogen (secondary N) is 2. The summed E-state index contributed by atoms with van der Waals surface area (Å²) in [5.41, 5.74) is 2.43. The van der Waals surface area contributed by atoms with Crippen LogP contribution in [0.1, 0.15) is 36.8 Å². The predicted molar refractivity (Wildman–Crippen MR) is 101 cm³/mol. The van der Waals surface area contributed by atoms with Crippen molar-refractivity contribution in [2.24, 2.45) is 0 Å². The van der Waals surface area contributed by atoms with Crippen LogP contribution in [0.4, 0.5) is 4.79 Å². The van der Waals surface area contributed by atoms with Gasteiger partial charge in [0, 0.05) is 11.6 Å². The summed E-state index contributed by atoms with van der Waals surface area (Å²) in [6.07, 6.45) is -1.12. The Morgan fingerprint density at radius 3 is 2.26 bits per heavy atom. The average molecular weight is 369 g/mol. The summed E-state index contributed by atoms with van der Waals surface area (Å²) in [4.78, 5) is 40.3. The summed E-state index contributed by atoms with van der Waals surface area (Å²) in [5.74, 6) is -1.38. The Balaban J connectivity index is 2.03. The van der Waals surface area contributed by atoms with Crippen molar-refractivity contribution in [2.45, 2.75) is 39.8 Å². The third-order valence-electron chi connectivity index (χ3n) is 3.68. The highest BCUT2D eigenvalue weighted by atomic mass is 16.5. The quantitative estimate of drug-likeness (QED) is 0.790. The number of pyridine rings is 1. The molecular weight excluding hydrogens is 346 g/mol. The van der Waals surface area contributed by atoms with Gasteiger partial charge >= 0.3 is 12.0 Å². The number of nitrogens with zero attached hydrogens (tertiary/aromatic N) is 1. The summed E-state index contributed by atoms with van der Waals surface area (Å²) >= 11 is 0. The van der Waals surface area contributed by atoms with Crippen LogP contribution >= 0.6 is 0 Å². The number of urea groups is 1. The highest BCUT2D eigenvalue weighted by molar-refractivity contribution is 5.98. The van der Waals surface area contributed by atoms with Crippen molar-refractivity contribution in [1.82, 2.24) is 15.6 Å². The fourth-order valence-corrected chi connectivity index (χ4v) is 2.34. The zero-order valence-corrected chi connectivity index (χ0v) is 15.8. The summed E-state index contributed by atoms with van der Waals surface area (Å²) in [5, 5.41) is 4.65. The maximum Gasteiger partial charge on any atom is 0.340 e. The second-order valence-corrected chi connectivity index (χ2v) is 6.36. The minimum atomic E-state index is -1.12. The maximum absolute atomic E-state index is 12.3. The van der Waals surface area contributed by atoms with E-state index in [2.05, 4.69) is 15.6 Å². The standard InChI is InChI=1S/C20H23N3O4/c1-12(2)21-20(26)23-18(24)14(4)27-19(25)16-10-11-17(22-13(16)3)15-8-6-5-7-9-15/h5-12,14H,1-4H3,(H2,21,23,24,26). The molecular formula is C20H23N3O4. The second kappa shape index (κ2) is 8.93. The lowest BCUT2D eigenvalue weighted by atomic mass is 10.1. The number of hydrogen-bond donors (Lipinski definition) is 2. The van der Waals surface area contributed by atoms with Crippen molar-refractivity contribution in [3.63, 3.8) is 0 Å². The number of carbonyl (C=O) groups is 3. The fraction of sp³-hybridized carbons (Fsp3) is 0.300. The van der Waals surface area contributed by atoms with Crippen molar-refractivity contribution in [2.75, 3.05) is 0 Å². The molecule has 0 saturated carbocycles. The Morgan fingerprint density at radius 2 is 1.67 bits per heavy atom. The van der Waals surface area contributed by atoms with Crippen LogP contribution in [-0.2, 0) is 9.53 Å². The van der Waals surface area contributed by atoms with Crippen molar-refractivity contribution in [3.05, 3.63) is 53.7 Å². The van der Waals surface area contributed by atoms with Gasteiger partial charge < -0.3 is 10.1 Å². The first-order valence-electron chi connectivity index (χ1n) is 8.63. The fourth-order valence-electron chi connectivity index (χ4n) is 2.34. The van der Waals surface area contributed by atoms with E-state index in [1.807, 2.05) is 30.3 Å². The van der Waals surface area contributed by atoms with E-state index < -0.39 is 24.0 Å². The molecule has 2 N–H and O–H groups in total. The summed E-state index contributed by atoms with van der Waals surface area (Å²) in [6.45, 7) is 6.63. The molecule has 1 aromatic heterocycles. The van der Waals surface area contributed by atoms with E-state index in [0.29, 0.717) is 5.69 Å². The predicted octanol–water partition coefficient (Wildman–Crippen LogP) is 2.84. The Kier molecular flexibility index (Phi) is 6.65. The number of aryl methyl sites for hydroxylation is 1. The van der Waals surface area contributed by atoms with Crippen LogP contribution in [0.25, 0.3) is 11.3 Å². The molecule has 2 aromatic rings. The zero-order chi connectivity index (χ0) is 20.0. The van der Waals surface area contributed by atoms with Crippen LogP contribution in [-0.4, -0.2) is 35.0 Å². The van der Waals surface area contributed by atoms with E-state index in [4.69, 9.17) is 4.74 Å². The first-order chi connectivity index (χ1) is 12.8. The lowest BCUT2D eigenvalue weighted by Gasteiger charge is -2.15. The maximum atomic E-state index is 12.3. The molecule has 1 heterocycles. The Bertz CT molecular complexity index is 834. The smallest absolute Gasteiger partial charge is 0.340 e. The van der Waals surface area contributed by atoms with Gasteiger partial charge in [0.2, 0.25) is 0 Å². The molecule has 0 bridgehead atoms. The van der Waals surface area contributed by atoms with Gasteiger partial charge in [0.1, 0.15) is 0 Å². The molecule has 7 heteroatoms. The molecule has 0 radical (unpaired) electrons. The summed E-state index contributed by atoms with van der Waals surface area (Å²) in [7, 11) is 0. The first kappa shape index (κ1) is 20.1. The average Bonchev–Trinajstić information content (AvgIpc) is 2.61. The number of ether oxygens (including phenoxy) is 1. The number of rotatable bonds is 5. The van der Waals surface area contributed by atoms with Gasteiger partial charge in [-0.15, -0.1) is 0 Å². The van der Waals surface area contributed by atoms with Crippen molar-refractivity contribution in [1.29, 1.82) is 0 Å². The van der Waals surface area contributed by atoms with Crippen LogP contribution in [0.3, 0.4) is 0 Å². The van der Waals surface area contributed by atoms with Crippen molar-refractivity contribution in [3.8, 4) is 11.3 Å². The molecule has 1 atom stereocenters. The van der Waals surface area contributed by atoms with Gasteiger partial charge in [-0.05, 0) is 39.8 Å². The van der Waals surface area contributed by atoms with E-state index in [1.165, 1.54) is 6.92 Å². The van der Waals surface area contributed by atoms with Crippen LogP contribution in [0.5, 0.6) is 0 Å². The molecule has 0 aliphatic heterocycles. The van der Waals surface area contributed by atoms with Crippen LogP contribution in [0.2, 0.25) is 0 Å². The molecule has 0 aliphatic carbocycles. The molecule has 0 aliphatic rings. The highest BCUT2D eigenvalue weighted by Gasteiger charge is 2.22. The molecule has 1 unspecified atom stereocenters. The van der Waals surface area contributed by atoms with Gasteiger partial charge in [-0.3, -0.25) is 15.1 Å². The normalized spacial score (nSPS) is 11.6. The Hall–Kier alpha value is -3.22. The first-order valence-corrected chi connectivity index (χ1v) is 8.63. The number of benzene rings is 1. The highest BCUT2D eigenvalue weighted by Crippen LogP contribution is 2.19. The molecule has 1 aromatic carbocycles. The minimum absolute atomic E-state index is 0.118. The second-order valence-electron chi connectivity index (χ2n) is 6.36. The van der Waals surface area contributed by atoms with Gasteiger partial charge in [-0.1, -0.05) is 30.3 Å². The van der Waals surface area contributed by atoms with Crippen molar-refractivity contribution < 1.29 is 19.1 Å². The molecule has 0 fully saturated rings. The monoisotopic (exact) mass is 369 g/mol. The number of esters is 1. The molecule has 7 nitrogen and oxygen atoms in total. The number of imide groups is 1. The number of amides is 3. The minimum Gasteiger partial charge on any atom is -0.449 e. The van der Waals surface area contributed by atoms with E-state index in [0.717, 1.165) is 11.3 Å². The van der Waals surface area contributed by atoms with Crippen LogP contribution in [0.15, 0.2) is 42.5 Å². The molecule has 0 spiro atoms. The van der Waals surface area contributed by atoms with Gasteiger partial charge in [-0.25, -0.2) is 9.59 Å². The molecule has 27 heavy (non-hydrogen) atoms. The molecule has 142 valence electrons. The third kappa shape index (κ3) is 5.64. The van der Waals surface area contributed by atoms with Crippen LogP contribution in [0, 0.1) is 6.92 Å². The number of carbonyl (C=O) groups excluding carboxylic acids is 3. The number of aromatic nitrogens is 1. The van der Waals surface area contributed by atoms with Gasteiger partial charge in [0.05, 0.1) is 17.0 Å². The zero-order valence-electron chi connectivity index (χ0n) is 15.8. The van der Waals surface area contributed by atoms with E-state index in [-0.39, 0.29) is 11.6 Å². The van der Waals surface area contributed by atoms with E-state index >= 15 is 0 Å². The summed E-state index contributed by atoms with van der Waals surface area (Å²) in [6, 6.07) is 12.2. The largest absolute Gasteiger partial charge is 0.449 e. The van der Waals surface area contributed by atoms with Gasteiger partial charge in [-0.2, -0.15) is 0 Å². The Labute approximate surface area is 158 Å². The molecule has 0 saturated heterocycles. The van der Waals surface area contributed by atoms with E-state index in [1.54, 1.807) is 32.9 Å². The van der Waals surface area contributed by atoms with Gasteiger partial charge in [0.25, 0.3) is 5.91 Å². The van der Waals surface area contributed by atoms with Crippen molar-refractivity contribution >= 4 is 17.9 Å². The SMILES string of the molecule is Cc1nc(-c2ccccc2)ccc1C(=O)OC(C)C(=O)NC(=O)NC(C)C. The van der Waals surface area contributed by atoms with E-state index in [9.17, 15) is 14.4 Å². The Morgan fingerprint density at radius 1 is 1.00 bits per heavy atom. The van der Waals surface area contributed by atoms with Gasteiger partial charge in [0.15, 0.2) is 6.10 Å². The third-order valence-corrected chi connectivity index (χ3v) is 3.68. The molecule has 2 rings (SSSR count). The van der Waals surface area contributed by atoms with Crippen LogP contribution < -0.4 is 10.6 Å². The molecule has 3 amide bonds. The topological polar surface area (TPSA) is 97.4 Å². The summed E-state index contributed by atoms with van der Waals surface area (Å²) < 4.78 is 5.16. The lowest BCUT2D eigenvalue weighted by molar-refractivity contribution is -0.127. The lowest BCUT2D eigenvalue weighted by Crippen LogP contribution is -2.46. The number of hydrogen-bond acceptors (Lipinski definition) is 5.